The van der Waals surface area contributed by atoms with E-state index in [0.29, 0.717) is 0 Å². The van der Waals surface area contributed by atoms with Crippen molar-refractivity contribution in [1.82, 2.24) is 0 Å². The zero-order valence-corrected chi connectivity index (χ0v) is 13.3. The average Bonchev–Trinajstić information content (AvgIpc) is 2.37. The fourth-order valence-electron chi connectivity index (χ4n) is 3.68. The molecule has 0 N–H and O–H groups in total. The van der Waals surface area contributed by atoms with Crippen LogP contribution in [-0.4, -0.2) is 0 Å². The Labute approximate surface area is 121 Å². The summed E-state index contributed by atoms with van der Waals surface area (Å²) in [5, 5.41) is 5.74. The van der Waals surface area contributed by atoms with Crippen LogP contribution in [0.1, 0.15) is 33.4 Å². The number of fused-ring (bicyclic) bond motifs is 3. The second-order valence-corrected chi connectivity index (χ2v) is 6.20. The van der Waals surface area contributed by atoms with Crippen molar-refractivity contribution < 1.29 is 0 Å². The number of hydrogen-bond donors (Lipinski definition) is 0. The Kier molecular flexibility index (Phi) is 2.86. The monoisotopic (exact) mass is 262 g/mol. The van der Waals surface area contributed by atoms with Gasteiger partial charge in [-0.25, -0.2) is 0 Å². The molecule has 0 aliphatic carbocycles. The second kappa shape index (κ2) is 4.34. The van der Waals surface area contributed by atoms with Crippen LogP contribution in [0.3, 0.4) is 0 Å². The number of hydrogen-bond acceptors (Lipinski definition) is 0. The normalized spacial score (nSPS) is 11.5. The highest BCUT2D eigenvalue weighted by molar-refractivity contribution is 6.14. The van der Waals surface area contributed by atoms with Crippen molar-refractivity contribution in [2.24, 2.45) is 0 Å². The van der Waals surface area contributed by atoms with Gasteiger partial charge in [-0.2, -0.15) is 0 Å². The molecule has 0 saturated heterocycles. The van der Waals surface area contributed by atoms with Crippen LogP contribution in [0.15, 0.2) is 24.3 Å². The van der Waals surface area contributed by atoms with Gasteiger partial charge in [-0.05, 0) is 90.9 Å². The molecule has 3 rings (SSSR count). The summed E-state index contributed by atoms with van der Waals surface area (Å²) in [7, 11) is 0. The van der Waals surface area contributed by atoms with Gasteiger partial charge in [0.1, 0.15) is 0 Å². The minimum Gasteiger partial charge on any atom is -0.0584 e. The summed E-state index contributed by atoms with van der Waals surface area (Å²) in [6.07, 6.45) is 0. The molecule has 0 aliphatic heterocycles. The van der Waals surface area contributed by atoms with Crippen molar-refractivity contribution in [3.63, 3.8) is 0 Å². The molecule has 20 heavy (non-hydrogen) atoms. The van der Waals surface area contributed by atoms with Gasteiger partial charge in [0.25, 0.3) is 0 Å². The maximum atomic E-state index is 2.35. The Morgan fingerprint density at radius 1 is 0.550 bits per heavy atom. The highest BCUT2D eigenvalue weighted by atomic mass is 14.2. The summed E-state index contributed by atoms with van der Waals surface area (Å²) in [6, 6.07) is 9.15. The molecule has 0 unspecified atom stereocenters. The molecule has 0 amide bonds. The van der Waals surface area contributed by atoms with Crippen LogP contribution in [0.25, 0.3) is 21.5 Å². The minimum absolute atomic E-state index is 1.35. The summed E-state index contributed by atoms with van der Waals surface area (Å²) in [6.45, 7) is 13.4. The predicted molar refractivity (Wildman–Crippen MR) is 89.9 cm³/mol. The van der Waals surface area contributed by atoms with E-state index in [0.717, 1.165) is 0 Å². The van der Waals surface area contributed by atoms with E-state index in [-0.39, 0.29) is 0 Å². The van der Waals surface area contributed by atoms with E-state index in [2.05, 4.69) is 65.8 Å². The van der Waals surface area contributed by atoms with Gasteiger partial charge in [0.2, 0.25) is 0 Å². The van der Waals surface area contributed by atoms with Crippen molar-refractivity contribution >= 4 is 21.5 Å². The fraction of sp³-hybridized carbons (Fsp3) is 0.300. The number of benzene rings is 3. The van der Waals surface area contributed by atoms with E-state index >= 15 is 0 Å². The van der Waals surface area contributed by atoms with Crippen molar-refractivity contribution in [2.45, 2.75) is 41.5 Å². The zero-order valence-electron chi connectivity index (χ0n) is 13.3. The summed E-state index contributed by atoms with van der Waals surface area (Å²) >= 11 is 0. The fourth-order valence-corrected chi connectivity index (χ4v) is 3.68. The largest absolute Gasteiger partial charge is 0.0584 e. The Hall–Kier alpha value is -1.82. The smallest absolute Gasteiger partial charge is 0.00704 e. The molecule has 0 bridgehead atoms. The second-order valence-electron chi connectivity index (χ2n) is 6.20. The SMILES string of the molecule is Cc1cc(C)c2c(C)c(C)c3c(C)ccc(C)c3c2c1. The third-order valence-electron chi connectivity index (χ3n) is 4.68. The first kappa shape index (κ1) is 13.2. The van der Waals surface area contributed by atoms with Gasteiger partial charge < -0.3 is 0 Å². The van der Waals surface area contributed by atoms with Crippen molar-refractivity contribution in [3.8, 4) is 0 Å². The van der Waals surface area contributed by atoms with E-state index in [1.165, 1.54) is 54.9 Å². The maximum Gasteiger partial charge on any atom is -0.00704 e. The average molecular weight is 262 g/mol. The van der Waals surface area contributed by atoms with E-state index in [9.17, 15) is 0 Å². The standard InChI is InChI=1S/C20H22/c1-11-9-14(4)18-15(5)16(6)19-12(2)7-8-13(3)20(19)17(18)10-11/h7-10H,1-6H3. The lowest BCUT2D eigenvalue weighted by Crippen LogP contribution is -1.95. The molecule has 0 atom stereocenters. The Morgan fingerprint density at radius 2 is 1.10 bits per heavy atom. The van der Waals surface area contributed by atoms with Gasteiger partial charge in [0.15, 0.2) is 0 Å². The van der Waals surface area contributed by atoms with Crippen LogP contribution in [0, 0.1) is 41.5 Å². The summed E-state index contributed by atoms with van der Waals surface area (Å²) < 4.78 is 0. The van der Waals surface area contributed by atoms with Crippen molar-refractivity contribution in [1.29, 1.82) is 0 Å². The van der Waals surface area contributed by atoms with E-state index in [4.69, 9.17) is 0 Å². The molecule has 0 nitrogen and oxygen atoms in total. The molecular formula is C20H22. The molecule has 3 aromatic carbocycles. The Balaban J connectivity index is 2.76. The molecule has 3 aromatic rings. The number of rotatable bonds is 0. The summed E-state index contributed by atoms with van der Waals surface area (Å²) in [4.78, 5) is 0. The van der Waals surface area contributed by atoms with Crippen LogP contribution < -0.4 is 0 Å². The Morgan fingerprint density at radius 3 is 1.75 bits per heavy atom. The summed E-state index contributed by atoms with van der Waals surface area (Å²) in [5.41, 5.74) is 8.36. The molecule has 0 saturated carbocycles. The van der Waals surface area contributed by atoms with Crippen molar-refractivity contribution in [3.05, 3.63) is 57.6 Å². The van der Waals surface area contributed by atoms with E-state index < -0.39 is 0 Å². The quantitative estimate of drug-likeness (QED) is 0.446. The zero-order chi connectivity index (χ0) is 14.6. The molecule has 0 fully saturated rings. The predicted octanol–water partition coefficient (Wildman–Crippen LogP) is 5.84. The van der Waals surface area contributed by atoms with Crippen LogP contribution in [0.2, 0.25) is 0 Å². The van der Waals surface area contributed by atoms with Crippen LogP contribution in [-0.2, 0) is 0 Å². The van der Waals surface area contributed by atoms with Crippen LogP contribution in [0.5, 0.6) is 0 Å². The third kappa shape index (κ3) is 1.67. The molecule has 0 aromatic heterocycles. The first-order chi connectivity index (χ1) is 9.41. The van der Waals surface area contributed by atoms with Gasteiger partial charge in [-0.1, -0.05) is 29.8 Å². The van der Waals surface area contributed by atoms with Gasteiger partial charge in [0, 0.05) is 0 Å². The molecule has 0 heteroatoms. The molecule has 0 heterocycles. The third-order valence-corrected chi connectivity index (χ3v) is 4.68. The first-order valence-corrected chi connectivity index (χ1v) is 7.32. The van der Waals surface area contributed by atoms with Gasteiger partial charge >= 0.3 is 0 Å². The van der Waals surface area contributed by atoms with Crippen LogP contribution >= 0.6 is 0 Å². The highest BCUT2D eigenvalue weighted by Gasteiger charge is 2.14. The Bertz CT molecular complexity index is 851. The molecule has 102 valence electrons. The molecular weight excluding hydrogens is 240 g/mol. The van der Waals surface area contributed by atoms with Gasteiger partial charge in [0.05, 0.1) is 0 Å². The van der Waals surface area contributed by atoms with Crippen LogP contribution in [0.4, 0.5) is 0 Å². The topological polar surface area (TPSA) is 0 Å². The van der Waals surface area contributed by atoms with Gasteiger partial charge in [-0.3, -0.25) is 0 Å². The number of aryl methyl sites for hydroxylation is 6. The van der Waals surface area contributed by atoms with E-state index in [1.807, 2.05) is 0 Å². The first-order valence-electron chi connectivity index (χ1n) is 7.32. The molecule has 0 aliphatic rings. The lowest BCUT2D eigenvalue weighted by molar-refractivity contribution is 1.35. The summed E-state index contributed by atoms with van der Waals surface area (Å²) in [5.74, 6) is 0. The lowest BCUT2D eigenvalue weighted by atomic mass is 9.86. The minimum atomic E-state index is 1.35. The molecule has 0 radical (unpaired) electrons. The van der Waals surface area contributed by atoms with Gasteiger partial charge in [-0.15, -0.1) is 0 Å². The molecule has 0 spiro atoms. The lowest BCUT2D eigenvalue weighted by Gasteiger charge is -2.18. The van der Waals surface area contributed by atoms with E-state index in [1.54, 1.807) is 0 Å². The highest BCUT2D eigenvalue weighted by Crippen LogP contribution is 2.37. The maximum absolute atomic E-state index is 2.35. The van der Waals surface area contributed by atoms with Crippen molar-refractivity contribution in [2.75, 3.05) is 0 Å².